The van der Waals surface area contributed by atoms with Crippen molar-refractivity contribution in [3.63, 3.8) is 0 Å². The predicted octanol–water partition coefficient (Wildman–Crippen LogP) is 4.90. The minimum Gasteiger partial charge on any atom is -0.508 e. The molecule has 0 bridgehead atoms. The van der Waals surface area contributed by atoms with Gasteiger partial charge in [0.15, 0.2) is 11.6 Å². The quantitative estimate of drug-likeness (QED) is 0.444. The molecule has 31 heavy (non-hydrogen) atoms. The zero-order valence-corrected chi connectivity index (χ0v) is 18.5. The summed E-state index contributed by atoms with van der Waals surface area (Å²) in [6.07, 6.45) is 3.88. The molecular formula is C26H31NO4. The van der Waals surface area contributed by atoms with Gasteiger partial charge in [-0.3, -0.25) is 14.4 Å². The van der Waals surface area contributed by atoms with Gasteiger partial charge in [-0.25, -0.2) is 0 Å². The molecule has 2 aromatic rings. The molecule has 0 saturated carbocycles. The second kappa shape index (κ2) is 9.04. The molecular weight excluding hydrogens is 390 g/mol. The third-order valence-electron chi connectivity index (χ3n) is 6.46. The molecule has 0 fully saturated rings. The second-order valence-electron chi connectivity index (χ2n) is 8.75. The maximum absolute atomic E-state index is 13.8. The average Bonchev–Trinajstić information content (AvgIpc) is 2.96. The van der Waals surface area contributed by atoms with Crippen LogP contribution >= 0.6 is 0 Å². The molecule has 0 spiro atoms. The number of carbonyl (C=O) groups is 3. The van der Waals surface area contributed by atoms with Crippen LogP contribution in [0.1, 0.15) is 90.6 Å². The number of ketones is 2. The van der Waals surface area contributed by atoms with Crippen molar-refractivity contribution < 1.29 is 19.5 Å². The van der Waals surface area contributed by atoms with E-state index < -0.39 is 28.8 Å². The van der Waals surface area contributed by atoms with Crippen LogP contribution in [0.25, 0.3) is 0 Å². The molecule has 0 heterocycles. The first-order chi connectivity index (χ1) is 14.8. The van der Waals surface area contributed by atoms with E-state index in [9.17, 15) is 19.5 Å². The summed E-state index contributed by atoms with van der Waals surface area (Å²) in [6, 6.07) is 11.6. The number of fused-ring (bicyclic) bond motifs is 1. The lowest BCUT2D eigenvalue weighted by atomic mass is 9.64. The Hall–Kier alpha value is -2.95. The number of phenolic OH excluding ortho intramolecular Hbond substituents is 1. The Morgan fingerprint density at radius 2 is 1.61 bits per heavy atom. The Morgan fingerprint density at radius 3 is 2.10 bits per heavy atom. The molecule has 0 radical (unpaired) electrons. The van der Waals surface area contributed by atoms with Gasteiger partial charge >= 0.3 is 0 Å². The molecule has 5 heteroatoms. The smallest absolute Gasteiger partial charge is 0.222 e. The summed E-state index contributed by atoms with van der Waals surface area (Å²) in [5, 5.41) is 11.0. The van der Waals surface area contributed by atoms with Crippen molar-refractivity contribution in [1.29, 1.82) is 0 Å². The van der Waals surface area contributed by atoms with Crippen molar-refractivity contribution in [2.24, 2.45) is 11.7 Å². The van der Waals surface area contributed by atoms with E-state index in [1.165, 1.54) is 0 Å². The van der Waals surface area contributed by atoms with E-state index in [1.807, 2.05) is 13.8 Å². The Balaban J connectivity index is 2.22. The molecule has 1 unspecified atom stereocenters. The molecule has 3 rings (SSSR count). The van der Waals surface area contributed by atoms with Gasteiger partial charge in [-0.1, -0.05) is 82.9 Å². The van der Waals surface area contributed by atoms with Crippen LogP contribution in [0.15, 0.2) is 42.5 Å². The fourth-order valence-electron chi connectivity index (χ4n) is 4.74. The summed E-state index contributed by atoms with van der Waals surface area (Å²) < 4.78 is 0. The number of aromatic hydroxyl groups is 1. The fraction of sp³-hybridized carbons (Fsp3) is 0.423. The van der Waals surface area contributed by atoms with E-state index in [1.54, 1.807) is 42.5 Å². The molecule has 1 atom stereocenters. The largest absolute Gasteiger partial charge is 0.508 e. The average molecular weight is 422 g/mol. The predicted molar refractivity (Wildman–Crippen MR) is 120 cm³/mol. The van der Waals surface area contributed by atoms with Crippen molar-refractivity contribution in [2.75, 3.05) is 0 Å². The van der Waals surface area contributed by atoms with Gasteiger partial charge in [0.25, 0.3) is 0 Å². The van der Waals surface area contributed by atoms with Crippen LogP contribution in [0.4, 0.5) is 0 Å². The van der Waals surface area contributed by atoms with Crippen LogP contribution in [0, 0.1) is 5.92 Å². The van der Waals surface area contributed by atoms with Crippen molar-refractivity contribution in [2.45, 2.75) is 64.2 Å². The maximum atomic E-state index is 13.8. The maximum Gasteiger partial charge on any atom is 0.222 e. The lowest BCUT2D eigenvalue weighted by molar-refractivity contribution is -0.123. The van der Waals surface area contributed by atoms with Crippen molar-refractivity contribution in [1.82, 2.24) is 0 Å². The normalized spacial score (nSPS) is 15.9. The Kier molecular flexibility index (Phi) is 6.63. The summed E-state index contributed by atoms with van der Waals surface area (Å²) in [4.78, 5) is 40.3. The Labute approximate surface area is 183 Å². The van der Waals surface area contributed by atoms with Crippen molar-refractivity contribution >= 4 is 17.5 Å². The number of unbranched alkanes of at least 4 members (excludes halogenated alkanes) is 3. The number of rotatable bonds is 9. The monoisotopic (exact) mass is 421 g/mol. The summed E-state index contributed by atoms with van der Waals surface area (Å²) in [7, 11) is 0. The van der Waals surface area contributed by atoms with E-state index in [4.69, 9.17) is 5.73 Å². The van der Waals surface area contributed by atoms with E-state index in [0.717, 1.165) is 24.8 Å². The number of Topliss-reactive ketones (excluding diaryl/α,β-unsaturated/α-hetero) is 2. The first-order valence-electron chi connectivity index (χ1n) is 11.1. The number of carbonyl (C=O) groups excluding carboxylic acids is 3. The summed E-state index contributed by atoms with van der Waals surface area (Å²) in [6.45, 7) is 6.07. The molecule has 1 aliphatic carbocycles. The van der Waals surface area contributed by atoms with Crippen molar-refractivity contribution in [3.05, 3.63) is 64.7 Å². The third kappa shape index (κ3) is 3.78. The third-order valence-corrected chi connectivity index (χ3v) is 6.46. The SMILES string of the molecule is CCCCCCC(C(N)=O)C1(c2ccc(C(C)C)cc2O)C(=O)c2ccccc2C1=O. The van der Waals surface area contributed by atoms with Crippen molar-refractivity contribution in [3.8, 4) is 5.75 Å². The van der Waals surface area contributed by atoms with E-state index in [2.05, 4.69) is 6.92 Å². The lowest BCUT2D eigenvalue weighted by Gasteiger charge is -2.34. The molecule has 164 valence electrons. The fourth-order valence-corrected chi connectivity index (χ4v) is 4.74. The van der Waals surface area contributed by atoms with Crippen LogP contribution in [0.3, 0.4) is 0 Å². The van der Waals surface area contributed by atoms with E-state index in [0.29, 0.717) is 12.8 Å². The summed E-state index contributed by atoms with van der Waals surface area (Å²) in [5.74, 6) is -2.64. The first kappa shape index (κ1) is 22.7. The lowest BCUT2D eigenvalue weighted by Crippen LogP contribution is -2.51. The highest BCUT2D eigenvalue weighted by Gasteiger charge is 2.61. The number of phenols is 1. The molecule has 2 aromatic carbocycles. The Morgan fingerprint density at radius 1 is 1.00 bits per heavy atom. The standard InChI is InChI=1S/C26H31NO4/c1-4-5-6-7-12-21(25(27)31)26(20-14-13-17(16(2)3)15-22(20)28)23(29)18-10-8-9-11-19(18)24(26)30/h8-11,13-16,21,28H,4-7,12H2,1-3H3,(H2,27,31). The highest BCUT2D eigenvalue weighted by atomic mass is 16.3. The van der Waals surface area contributed by atoms with Gasteiger partial charge in [-0.2, -0.15) is 0 Å². The number of hydrogen-bond donors (Lipinski definition) is 2. The van der Waals surface area contributed by atoms with E-state index >= 15 is 0 Å². The van der Waals surface area contributed by atoms with Gasteiger partial charge in [0, 0.05) is 16.7 Å². The number of benzene rings is 2. The zero-order chi connectivity index (χ0) is 22.8. The first-order valence-corrected chi connectivity index (χ1v) is 11.1. The van der Waals surface area contributed by atoms with Gasteiger partial charge in [-0.15, -0.1) is 0 Å². The van der Waals surface area contributed by atoms with Gasteiger partial charge in [0.2, 0.25) is 5.91 Å². The Bertz CT molecular complexity index is 973. The highest BCUT2D eigenvalue weighted by Crippen LogP contribution is 2.49. The molecule has 0 aromatic heterocycles. The number of nitrogens with two attached hydrogens (primary N) is 1. The second-order valence-corrected chi connectivity index (χ2v) is 8.75. The van der Waals surface area contributed by atoms with Crippen LogP contribution in [0.2, 0.25) is 0 Å². The van der Waals surface area contributed by atoms with Gasteiger partial charge in [0.05, 0.1) is 5.92 Å². The van der Waals surface area contributed by atoms with Crippen LogP contribution in [0.5, 0.6) is 5.75 Å². The number of amides is 1. The minimum atomic E-state index is -1.83. The van der Waals surface area contributed by atoms with Gasteiger partial charge in [-0.05, 0) is 24.0 Å². The van der Waals surface area contributed by atoms with Gasteiger partial charge < -0.3 is 10.8 Å². The molecule has 3 N–H and O–H groups in total. The highest BCUT2D eigenvalue weighted by molar-refractivity contribution is 6.34. The molecule has 1 amide bonds. The zero-order valence-electron chi connectivity index (χ0n) is 18.5. The topological polar surface area (TPSA) is 97.5 Å². The van der Waals surface area contributed by atoms with Crippen LogP contribution < -0.4 is 5.73 Å². The van der Waals surface area contributed by atoms with E-state index in [-0.39, 0.29) is 28.4 Å². The number of primary amides is 1. The van der Waals surface area contributed by atoms with Crippen LogP contribution in [-0.4, -0.2) is 22.6 Å². The molecule has 0 aliphatic heterocycles. The summed E-state index contributed by atoms with van der Waals surface area (Å²) in [5.41, 5.74) is 5.59. The molecule has 5 nitrogen and oxygen atoms in total. The van der Waals surface area contributed by atoms with Gasteiger partial charge in [0.1, 0.15) is 11.2 Å². The number of hydrogen-bond acceptors (Lipinski definition) is 4. The molecule has 0 saturated heterocycles. The summed E-state index contributed by atoms with van der Waals surface area (Å²) >= 11 is 0. The van der Waals surface area contributed by atoms with Crippen LogP contribution in [-0.2, 0) is 10.2 Å². The minimum absolute atomic E-state index is 0.152. The molecule has 1 aliphatic rings.